The highest BCUT2D eigenvalue weighted by atomic mass is 32.1. The molecule has 0 atom stereocenters. The average Bonchev–Trinajstić information content (AvgIpc) is 3.41. The number of aromatic nitrogens is 1. The highest BCUT2D eigenvalue weighted by molar-refractivity contribution is 7.09. The molecule has 1 aromatic heterocycles. The highest BCUT2D eigenvalue weighted by Gasteiger charge is 2.21. The molecular weight excluding hydrogens is 499 g/mol. The van der Waals surface area contributed by atoms with Gasteiger partial charge in [-0.3, -0.25) is 4.79 Å². The van der Waals surface area contributed by atoms with Crippen LogP contribution >= 0.6 is 11.3 Å². The molecule has 6 nitrogen and oxygen atoms in total. The lowest BCUT2D eigenvalue weighted by Gasteiger charge is -2.26. The molecule has 3 amide bonds. The molecule has 196 valence electrons. The number of halogens is 1. The van der Waals surface area contributed by atoms with E-state index >= 15 is 0 Å². The molecule has 38 heavy (non-hydrogen) atoms. The Morgan fingerprint density at radius 3 is 2.13 bits per heavy atom. The number of amides is 3. The molecule has 4 aromatic rings. The van der Waals surface area contributed by atoms with E-state index < -0.39 is 11.8 Å². The van der Waals surface area contributed by atoms with Crippen molar-refractivity contribution in [3.05, 3.63) is 118 Å². The molecule has 0 aliphatic carbocycles. The number of para-hydroxylation sites is 1. The summed E-state index contributed by atoms with van der Waals surface area (Å²) in [4.78, 5) is 31.7. The van der Waals surface area contributed by atoms with Crippen LogP contribution < -0.4 is 10.6 Å². The van der Waals surface area contributed by atoms with Crippen LogP contribution in [0.15, 0.2) is 90.3 Å². The van der Waals surface area contributed by atoms with Crippen molar-refractivity contribution in [3.63, 3.8) is 0 Å². The number of thiazole rings is 1. The van der Waals surface area contributed by atoms with Crippen molar-refractivity contribution in [2.75, 3.05) is 11.9 Å². The Morgan fingerprint density at radius 1 is 0.921 bits per heavy atom. The van der Waals surface area contributed by atoms with E-state index in [4.69, 9.17) is 0 Å². The molecule has 0 saturated carbocycles. The zero-order valence-corrected chi connectivity index (χ0v) is 22.2. The Bertz CT molecular complexity index is 1310. The molecule has 0 saturated heterocycles. The number of benzene rings is 3. The molecule has 0 aliphatic heterocycles. The van der Waals surface area contributed by atoms with Crippen LogP contribution in [0, 0.1) is 5.82 Å². The maximum Gasteiger partial charge on any atom is 0.322 e. The summed E-state index contributed by atoms with van der Waals surface area (Å²) in [5.74, 6) is -0.588. The second-order valence-corrected chi connectivity index (χ2v) is 10.1. The number of carbonyl (C=O) groups excluding carboxylic acids is 2. The monoisotopic (exact) mass is 530 g/mol. The maximum absolute atomic E-state index is 14.0. The van der Waals surface area contributed by atoms with Gasteiger partial charge in [0.2, 0.25) is 0 Å². The predicted molar refractivity (Wildman–Crippen MR) is 150 cm³/mol. The van der Waals surface area contributed by atoms with Gasteiger partial charge in [-0.1, -0.05) is 72.8 Å². The Labute approximate surface area is 226 Å². The number of hydrogen-bond acceptors (Lipinski definition) is 4. The normalized spacial score (nSPS) is 11.0. The molecular formula is C30H31FN4O2S. The van der Waals surface area contributed by atoms with Crippen molar-refractivity contribution in [3.8, 4) is 0 Å². The van der Waals surface area contributed by atoms with E-state index in [9.17, 15) is 14.0 Å². The number of nitrogens with one attached hydrogen (secondary N) is 2. The first-order valence-corrected chi connectivity index (χ1v) is 13.4. The summed E-state index contributed by atoms with van der Waals surface area (Å²) in [6.45, 7) is 4.44. The molecule has 0 fully saturated rings. The number of hydrogen-bond donors (Lipinski definition) is 2. The molecule has 0 unspecified atom stereocenters. The van der Waals surface area contributed by atoms with E-state index in [0.717, 1.165) is 6.42 Å². The Balaban J connectivity index is 1.36. The minimum Gasteiger partial charge on any atom is -0.351 e. The summed E-state index contributed by atoms with van der Waals surface area (Å²) in [7, 11) is 0. The molecule has 4 rings (SSSR count). The van der Waals surface area contributed by atoms with Crippen molar-refractivity contribution in [1.29, 1.82) is 0 Å². The van der Waals surface area contributed by atoms with Crippen LogP contribution in [0.3, 0.4) is 0 Å². The lowest BCUT2D eigenvalue weighted by Crippen LogP contribution is -2.39. The fourth-order valence-corrected chi connectivity index (χ4v) is 4.96. The third kappa shape index (κ3) is 7.04. The first-order valence-electron chi connectivity index (χ1n) is 12.6. The number of carbonyl (C=O) groups is 2. The van der Waals surface area contributed by atoms with E-state index in [0.29, 0.717) is 17.2 Å². The van der Waals surface area contributed by atoms with Crippen molar-refractivity contribution in [1.82, 2.24) is 15.2 Å². The smallest absolute Gasteiger partial charge is 0.322 e. The first-order chi connectivity index (χ1) is 18.4. The number of nitrogens with zero attached hydrogens (tertiary/aromatic N) is 2. The van der Waals surface area contributed by atoms with Gasteiger partial charge in [-0.2, -0.15) is 0 Å². The second kappa shape index (κ2) is 13.0. The van der Waals surface area contributed by atoms with Gasteiger partial charge in [-0.25, -0.2) is 14.2 Å². The first kappa shape index (κ1) is 27.0. The molecule has 0 spiro atoms. The van der Waals surface area contributed by atoms with Crippen molar-refractivity contribution in [2.24, 2.45) is 0 Å². The van der Waals surface area contributed by atoms with E-state index in [1.807, 2.05) is 50.2 Å². The van der Waals surface area contributed by atoms with E-state index in [2.05, 4.69) is 39.9 Å². The van der Waals surface area contributed by atoms with Gasteiger partial charge >= 0.3 is 6.03 Å². The standard InChI is InChI=1S/C30H31FN4O2S/c1-21(2)35(30(37)34-26-16-10-9-15-25(26)31)19-28-33-27(20-38-28)29(36)32-18-17-24(22-11-5-3-6-12-22)23-13-7-4-8-14-23/h3-16,20-21,24H,17-19H2,1-2H3,(H,32,36)(H,34,37). The quantitative estimate of drug-likeness (QED) is 0.240. The van der Waals surface area contributed by atoms with Crippen LogP contribution in [0.2, 0.25) is 0 Å². The molecule has 1 heterocycles. The zero-order valence-electron chi connectivity index (χ0n) is 21.4. The molecule has 0 radical (unpaired) electrons. The zero-order chi connectivity index (χ0) is 26.9. The summed E-state index contributed by atoms with van der Waals surface area (Å²) in [5, 5.41) is 7.93. The van der Waals surface area contributed by atoms with Crippen LogP contribution in [-0.2, 0) is 6.54 Å². The fraction of sp³-hybridized carbons (Fsp3) is 0.233. The van der Waals surface area contributed by atoms with E-state index in [-0.39, 0.29) is 30.1 Å². The minimum atomic E-state index is -0.500. The van der Waals surface area contributed by atoms with Crippen molar-refractivity contribution < 1.29 is 14.0 Å². The van der Waals surface area contributed by atoms with Gasteiger partial charge < -0.3 is 15.5 Å². The third-order valence-corrected chi connectivity index (χ3v) is 7.05. The molecule has 0 bridgehead atoms. The van der Waals surface area contributed by atoms with E-state index in [1.165, 1.54) is 34.6 Å². The van der Waals surface area contributed by atoms with Gasteiger partial charge in [0.05, 0.1) is 12.2 Å². The van der Waals surface area contributed by atoms with Crippen LogP contribution in [0.4, 0.5) is 14.9 Å². The Morgan fingerprint density at radius 2 is 1.53 bits per heavy atom. The maximum atomic E-state index is 14.0. The fourth-order valence-electron chi connectivity index (χ4n) is 4.19. The van der Waals surface area contributed by atoms with Crippen LogP contribution in [0.5, 0.6) is 0 Å². The summed E-state index contributed by atoms with van der Waals surface area (Å²) >= 11 is 1.32. The Hall–Kier alpha value is -4.04. The number of anilines is 1. The predicted octanol–water partition coefficient (Wildman–Crippen LogP) is 6.68. The molecule has 2 N–H and O–H groups in total. The van der Waals surface area contributed by atoms with Crippen molar-refractivity contribution >= 4 is 29.0 Å². The van der Waals surface area contributed by atoms with Gasteiger partial charge in [0.1, 0.15) is 16.5 Å². The molecule has 3 aromatic carbocycles. The lowest BCUT2D eigenvalue weighted by molar-refractivity contribution is 0.0948. The summed E-state index contributed by atoms with van der Waals surface area (Å²) in [5.41, 5.74) is 2.84. The number of rotatable bonds is 10. The van der Waals surface area contributed by atoms with Crippen LogP contribution in [0.25, 0.3) is 0 Å². The SMILES string of the molecule is CC(C)N(Cc1nc(C(=O)NCCC(c2ccccc2)c2ccccc2)cs1)C(=O)Nc1ccccc1F. The third-order valence-electron chi connectivity index (χ3n) is 6.21. The van der Waals surface area contributed by atoms with Gasteiger partial charge in [0.15, 0.2) is 0 Å². The van der Waals surface area contributed by atoms with Gasteiger partial charge in [-0.05, 0) is 43.5 Å². The van der Waals surface area contributed by atoms with Crippen LogP contribution in [0.1, 0.15) is 52.8 Å². The summed E-state index contributed by atoms with van der Waals surface area (Å²) in [6, 6.07) is 26.0. The molecule has 0 aliphatic rings. The number of urea groups is 1. The van der Waals surface area contributed by atoms with Gasteiger partial charge in [-0.15, -0.1) is 11.3 Å². The second-order valence-electron chi connectivity index (χ2n) is 9.18. The van der Waals surface area contributed by atoms with Crippen LogP contribution in [-0.4, -0.2) is 34.4 Å². The highest BCUT2D eigenvalue weighted by Crippen LogP contribution is 2.27. The van der Waals surface area contributed by atoms with E-state index in [1.54, 1.807) is 22.4 Å². The van der Waals surface area contributed by atoms with Gasteiger partial charge in [0.25, 0.3) is 5.91 Å². The molecule has 8 heteroatoms. The van der Waals surface area contributed by atoms with Crippen molar-refractivity contribution in [2.45, 2.75) is 38.8 Å². The lowest BCUT2D eigenvalue weighted by atomic mass is 9.88. The Kier molecular flexibility index (Phi) is 9.21. The topological polar surface area (TPSA) is 74.3 Å². The minimum absolute atomic E-state index is 0.117. The summed E-state index contributed by atoms with van der Waals surface area (Å²) < 4.78 is 14.0. The van der Waals surface area contributed by atoms with Gasteiger partial charge in [0, 0.05) is 23.9 Å². The largest absolute Gasteiger partial charge is 0.351 e. The summed E-state index contributed by atoms with van der Waals surface area (Å²) in [6.07, 6.45) is 0.744. The average molecular weight is 531 g/mol.